The van der Waals surface area contributed by atoms with E-state index in [1.165, 1.54) is 7.11 Å². The Bertz CT molecular complexity index is 461. The number of methoxy groups -OCH3 is 1. The Morgan fingerprint density at radius 1 is 1.33 bits per heavy atom. The van der Waals surface area contributed by atoms with Gasteiger partial charge in [0.15, 0.2) is 11.5 Å². The molecule has 0 spiro atoms. The zero-order chi connectivity index (χ0) is 15.8. The molecule has 1 rings (SSSR count). The molecule has 1 atom stereocenters. The summed E-state index contributed by atoms with van der Waals surface area (Å²) < 4.78 is 10.6. The maximum atomic E-state index is 11.1. The van der Waals surface area contributed by atoms with Gasteiger partial charge in [-0.25, -0.2) is 0 Å². The molecule has 0 fully saturated rings. The second-order valence-electron chi connectivity index (χ2n) is 5.00. The van der Waals surface area contributed by atoms with E-state index in [0.29, 0.717) is 18.0 Å². The van der Waals surface area contributed by atoms with Crippen molar-refractivity contribution in [1.82, 2.24) is 5.32 Å². The molecule has 0 aliphatic heterocycles. The Hall–Kier alpha value is -1.79. The molecular formula is C15H23NO5. The summed E-state index contributed by atoms with van der Waals surface area (Å²) >= 11 is 0. The molecule has 0 aromatic heterocycles. The SMILES string of the molecule is COc1cc(CN[C@@H](C(=O)O)C(C)C)ccc1OCCO. The lowest BCUT2D eigenvalue weighted by molar-refractivity contribution is -0.140. The third-order valence-electron chi connectivity index (χ3n) is 3.04. The van der Waals surface area contributed by atoms with Crippen LogP contribution in [0.15, 0.2) is 18.2 Å². The Morgan fingerprint density at radius 2 is 2.05 bits per heavy atom. The third kappa shape index (κ3) is 5.24. The van der Waals surface area contributed by atoms with E-state index in [0.717, 1.165) is 5.56 Å². The van der Waals surface area contributed by atoms with Crippen molar-refractivity contribution >= 4 is 5.97 Å². The molecule has 6 nitrogen and oxygen atoms in total. The predicted octanol–water partition coefficient (Wildman–Crippen LogP) is 1.27. The molecule has 21 heavy (non-hydrogen) atoms. The lowest BCUT2D eigenvalue weighted by atomic mass is 10.0. The van der Waals surface area contributed by atoms with E-state index in [-0.39, 0.29) is 19.1 Å². The molecule has 0 bridgehead atoms. The average Bonchev–Trinajstić information content (AvgIpc) is 2.45. The number of nitrogens with one attached hydrogen (secondary N) is 1. The van der Waals surface area contributed by atoms with Gasteiger partial charge in [-0.05, 0) is 23.6 Å². The third-order valence-corrected chi connectivity index (χ3v) is 3.04. The predicted molar refractivity (Wildman–Crippen MR) is 78.7 cm³/mol. The zero-order valence-electron chi connectivity index (χ0n) is 12.6. The van der Waals surface area contributed by atoms with Gasteiger partial charge in [-0.2, -0.15) is 0 Å². The molecule has 118 valence electrons. The molecule has 1 aromatic rings. The number of rotatable bonds is 9. The van der Waals surface area contributed by atoms with Crippen LogP contribution in [0.3, 0.4) is 0 Å². The van der Waals surface area contributed by atoms with Crippen LogP contribution in [0.4, 0.5) is 0 Å². The molecule has 0 radical (unpaired) electrons. The Balaban J connectivity index is 2.73. The fourth-order valence-corrected chi connectivity index (χ4v) is 1.93. The molecule has 0 heterocycles. The van der Waals surface area contributed by atoms with Crippen LogP contribution in [0.5, 0.6) is 11.5 Å². The normalized spacial score (nSPS) is 12.2. The highest BCUT2D eigenvalue weighted by molar-refractivity contribution is 5.73. The molecule has 0 unspecified atom stereocenters. The first kappa shape index (κ1) is 17.3. The number of hydrogen-bond donors (Lipinski definition) is 3. The van der Waals surface area contributed by atoms with E-state index < -0.39 is 12.0 Å². The average molecular weight is 297 g/mol. The first-order chi connectivity index (χ1) is 9.99. The molecule has 0 saturated heterocycles. The minimum absolute atomic E-state index is 0.00319. The molecule has 0 amide bonds. The molecule has 1 aromatic carbocycles. The monoisotopic (exact) mass is 297 g/mol. The van der Waals surface area contributed by atoms with E-state index in [1.807, 2.05) is 19.9 Å². The lowest BCUT2D eigenvalue weighted by Crippen LogP contribution is -2.40. The Kier molecular flexibility index (Phi) is 6.98. The van der Waals surface area contributed by atoms with Crippen LogP contribution >= 0.6 is 0 Å². The summed E-state index contributed by atoms with van der Waals surface area (Å²) in [4.78, 5) is 11.1. The van der Waals surface area contributed by atoms with Gasteiger partial charge >= 0.3 is 5.97 Å². The smallest absolute Gasteiger partial charge is 0.320 e. The minimum Gasteiger partial charge on any atom is -0.493 e. The quantitative estimate of drug-likeness (QED) is 0.636. The summed E-state index contributed by atoms with van der Waals surface area (Å²) in [6.45, 7) is 4.27. The van der Waals surface area contributed by atoms with Gasteiger partial charge in [0.25, 0.3) is 0 Å². The van der Waals surface area contributed by atoms with Gasteiger partial charge in [0.1, 0.15) is 12.6 Å². The van der Waals surface area contributed by atoms with Gasteiger partial charge in [-0.15, -0.1) is 0 Å². The molecule has 0 saturated carbocycles. The number of ether oxygens (including phenoxy) is 2. The summed E-state index contributed by atoms with van der Waals surface area (Å²) in [5, 5.41) is 20.9. The van der Waals surface area contributed by atoms with Gasteiger partial charge in [-0.3, -0.25) is 4.79 Å². The Morgan fingerprint density at radius 3 is 2.57 bits per heavy atom. The molecule has 6 heteroatoms. The largest absolute Gasteiger partial charge is 0.493 e. The first-order valence-corrected chi connectivity index (χ1v) is 6.86. The summed E-state index contributed by atoms with van der Waals surface area (Å²) in [5.74, 6) is 0.240. The standard InChI is InChI=1S/C15H23NO5/c1-10(2)14(15(18)19)16-9-11-4-5-12(21-7-6-17)13(8-11)20-3/h4-5,8,10,14,16-17H,6-7,9H2,1-3H3,(H,18,19)/t14-/m1/s1. The summed E-state index contributed by atoms with van der Waals surface area (Å²) in [7, 11) is 1.53. The van der Waals surface area contributed by atoms with E-state index in [9.17, 15) is 4.79 Å². The number of aliphatic hydroxyl groups excluding tert-OH is 1. The van der Waals surface area contributed by atoms with Gasteiger partial charge in [0.2, 0.25) is 0 Å². The molecule has 0 aliphatic rings. The zero-order valence-corrected chi connectivity index (χ0v) is 12.6. The van der Waals surface area contributed by atoms with Gasteiger partial charge < -0.3 is 25.0 Å². The number of aliphatic hydroxyl groups is 1. The van der Waals surface area contributed by atoms with E-state index in [2.05, 4.69) is 5.32 Å². The second kappa shape index (κ2) is 8.49. The fourth-order valence-electron chi connectivity index (χ4n) is 1.93. The van der Waals surface area contributed by atoms with Crippen LogP contribution in [0.25, 0.3) is 0 Å². The van der Waals surface area contributed by atoms with Crippen LogP contribution < -0.4 is 14.8 Å². The summed E-state index contributed by atoms with van der Waals surface area (Å²) in [6, 6.07) is 4.78. The van der Waals surface area contributed by atoms with E-state index in [4.69, 9.17) is 19.7 Å². The molecular weight excluding hydrogens is 274 g/mol. The summed E-state index contributed by atoms with van der Waals surface area (Å²) in [6.07, 6.45) is 0. The van der Waals surface area contributed by atoms with Gasteiger partial charge in [0, 0.05) is 6.54 Å². The highest BCUT2D eigenvalue weighted by Gasteiger charge is 2.20. The first-order valence-electron chi connectivity index (χ1n) is 6.86. The van der Waals surface area contributed by atoms with Crippen LogP contribution in [-0.4, -0.2) is 42.5 Å². The van der Waals surface area contributed by atoms with Crippen molar-refractivity contribution in [3.05, 3.63) is 23.8 Å². The number of aliphatic carboxylic acids is 1. The maximum Gasteiger partial charge on any atom is 0.320 e. The van der Waals surface area contributed by atoms with Crippen molar-refractivity contribution in [2.45, 2.75) is 26.4 Å². The van der Waals surface area contributed by atoms with Crippen LogP contribution in [-0.2, 0) is 11.3 Å². The van der Waals surface area contributed by atoms with Gasteiger partial charge in [0.05, 0.1) is 13.7 Å². The number of hydrogen-bond acceptors (Lipinski definition) is 5. The van der Waals surface area contributed by atoms with Crippen LogP contribution in [0.2, 0.25) is 0 Å². The second-order valence-corrected chi connectivity index (χ2v) is 5.00. The van der Waals surface area contributed by atoms with Crippen LogP contribution in [0, 0.1) is 5.92 Å². The highest BCUT2D eigenvalue weighted by atomic mass is 16.5. The number of benzene rings is 1. The number of carboxylic acids is 1. The van der Waals surface area contributed by atoms with E-state index in [1.54, 1.807) is 12.1 Å². The lowest BCUT2D eigenvalue weighted by Gasteiger charge is -2.18. The van der Waals surface area contributed by atoms with Crippen molar-refractivity contribution < 1.29 is 24.5 Å². The van der Waals surface area contributed by atoms with Crippen molar-refractivity contribution in [3.8, 4) is 11.5 Å². The highest BCUT2D eigenvalue weighted by Crippen LogP contribution is 2.28. The number of carboxylic acid groups (broad SMARTS) is 1. The van der Waals surface area contributed by atoms with Crippen molar-refractivity contribution in [2.24, 2.45) is 5.92 Å². The van der Waals surface area contributed by atoms with Crippen LogP contribution in [0.1, 0.15) is 19.4 Å². The fraction of sp³-hybridized carbons (Fsp3) is 0.533. The van der Waals surface area contributed by atoms with Crippen molar-refractivity contribution in [1.29, 1.82) is 0 Å². The minimum atomic E-state index is -0.861. The van der Waals surface area contributed by atoms with Crippen molar-refractivity contribution in [3.63, 3.8) is 0 Å². The maximum absolute atomic E-state index is 11.1. The Labute approximate surface area is 124 Å². The molecule has 0 aliphatic carbocycles. The van der Waals surface area contributed by atoms with Crippen molar-refractivity contribution in [2.75, 3.05) is 20.3 Å². The topological polar surface area (TPSA) is 88.0 Å². The number of carbonyl (C=O) groups is 1. The van der Waals surface area contributed by atoms with Gasteiger partial charge in [-0.1, -0.05) is 19.9 Å². The molecule has 3 N–H and O–H groups in total. The van der Waals surface area contributed by atoms with E-state index >= 15 is 0 Å². The summed E-state index contributed by atoms with van der Waals surface area (Å²) in [5.41, 5.74) is 0.898.